The second-order valence-corrected chi connectivity index (χ2v) is 5.28. The van der Waals surface area contributed by atoms with Crippen LogP contribution < -0.4 is 5.32 Å². The predicted octanol–water partition coefficient (Wildman–Crippen LogP) is 4.86. The van der Waals surface area contributed by atoms with Crippen molar-refractivity contribution in [1.29, 1.82) is 0 Å². The Balaban J connectivity index is 2.34. The summed E-state index contributed by atoms with van der Waals surface area (Å²) in [7, 11) is 0. The summed E-state index contributed by atoms with van der Waals surface area (Å²) in [5.41, 5.74) is 3.88. The minimum Gasteiger partial charge on any atom is -0.310 e. The van der Waals surface area contributed by atoms with Gasteiger partial charge >= 0.3 is 0 Å². The molecule has 0 aliphatic rings. The predicted molar refractivity (Wildman–Crippen MR) is 83.3 cm³/mol. The van der Waals surface area contributed by atoms with Crippen molar-refractivity contribution in [3.8, 4) is 11.1 Å². The highest BCUT2D eigenvalue weighted by Gasteiger charge is 2.10. The Morgan fingerprint density at radius 2 is 1.95 bits per heavy atom. The van der Waals surface area contributed by atoms with E-state index in [0.29, 0.717) is 5.56 Å². The summed E-state index contributed by atoms with van der Waals surface area (Å²) in [6.45, 7) is 7.25. The molecule has 0 fully saturated rings. The lowest BCUT2D eigenvalue weighted by molar-refractivity contribution is 0.568. The van der Waals surface area contributed by atoms with Gasteiger partial charge in [-0.3, -0.25) is 0 Å². The zero-order chi connectivity index (χ0) is 14.5. The molecule has 2 rings (SSSR count). The molecule has 2 aromatic rings. The van der Waals surface area contributed by atoms with Crippen LogP contribution in [0.4, 0.5) is 4.39 Å². The maximum Gasteiger partial charge on any atom is 0.131 e. The van der Waals surface area contributed by atoms with Crippen LogP contribution in [0.5, 0.6) is 0 Å². The number of benzene rings is 2. The molecule has 2 heteroatoms. The molecule has 1 N–H and O–H groups in total. The Labute approximate surface area is 120 Å². The van der Waals surface area contributed by atoms with Gasteiger partial charge in [-0.2, -0.15) is 0 Å². The SMILES string of the molecule is CCCNC(C)c1ccc(F)c(-c2cccc(C)c2)c1. The number of halogens is 1. The fourth-order valence-electron chi connectivity index (χ4n) is 2.32. The van der Waals surface area contributed by atoms with Gasteiger partial charge in [0, 0.05) is 11.6 Å². The fourth-order valence-corrected chi connectivity index (χ4v) is 2.32. The molecule has 0 aliphatic heterocycles. The third-order valence-electron chi connectivity index (χ3n) is 3.52. The first-order chi connectivity index (χ1) is 9.61. The third kappa shape index (κ3) is 3.45. The smallest absolute Gasteiger partial charge is 0.131 e. The summed E-state index contributed by atoms with van der Waals surface area (Å²) in [6.07, 6.45) is 1.09. The number of hydrogen-bond donors (Lipinski definition) is 1. The molecule has 0 spiro atoms. The molecule has 106 valence electrons. The van der Waals surface area contributed by atoms with Crippen molar-refractivity contribution in [1.82, 2.24) is 5.32 Å². The highest BCUT2D eigenvalue weighted by Crippen LogP contribution is 2.27. The molecule has 20 heavy (non-hydrogen) atoms. The molecular weight excluding hydrogens is 249 g/mol. The van der Waals surface area contributed by atoms with Crippen LogP contribution in [0.15, 0.2) is 42.5 Å². The molecular formula is C18H22FN. The first kappa shape index (κ1) is 14.7. The van der Waals surface area contributed by atoms with E-state index < -0.39 is 0 Å². The van der Waals surface area contributed by atoms with E-state index in [1.807, 2.05) is 43.3 Å². The van der Waals surface area contributed by atoms with Gasteiger partial charge in [0.1, 0.15) is 5.82 Å². The van der Waals surface area contributed by atoms with Crippen molar-refractivity contribution in [2.45, 2.75) is 33.2 Å². The first-order valence-corrected chi connectivity index (χ1v) is 7.21. The normalized spacial score (nSPS) is 12.4. The summed E-state index contributed by atoms with van der Waals surface area (Å²) in [5, 5.41) is 3.44. The van der Waals surface area contributed by atoms with Crippen molar-refractivity contribution < 1.29 is 4.39 Å². The molecule has 1 nitrogen and oxygen atoms in total. The Morgan fingerprint density at radius 1 is 1.15 bits per heavy atom. The first-order valence-electron chi connectivity index (χ1n) is 7.21. The highest BCUT2D eigenvalue weighted by molar-refractivity contribution is 5.65. The number of aryl methyl sites for hydroxylation is 1. The standard InChI is InChI=1S/C18H22FN/c1-4-10-20-14(3)15-8-9-18(19)17(12-15)16-7-5-6-13(2)11-16/h5-9,11-12,14,20H,4,10H2,1-3H3. The van der Waals surface area contributed by atoms with Gasteiger partial charge in [-0.25, -0.2) is 4.39 Å². The lowest BCUT2D eigenvalue weighted by atomic mass is 9.98. The maximum atomic E-state index is 14.1. The maximum absolute atomic E-state index is 14.1. The topological polar surface area (TPSA) is 12.0 Å². The van der Waals surface area contributed by atoms with Crippen LogP contribution >= 0.6 is 0 Å². The van der Waals surface area contributed by atoms with Crippen LogP contribution in [0, 0.1) is 12.7 Å². The van der Waals surface area contributed by atoms with Crippen molar-refractivity contribution in [3.05, 3.63) is 59.4 Å². The largest absolute Gasteiger partial charge is 0.310 e. The molecule has 0 aromatic heterocycles. The molecule has 0 bridgehead atoms. The average molecular weight is 271 g/mol. The van der Waals surface area contributed by atoms with Crippen LogP contribution in [-0.2, 0) is 0 Å². The lowest BCUT2D eigenvalue weighted by Crippen LogP contribution is -2.19. The Morgan fingerprint density at radius 3 is 2.65 bits per heavy atom. The lowest BCUT2D eigenvalue weighted by Gasteiger charge is -2.15. The van der Waals surface area contributed by atoms with Gasteiger partial charge in [-0.05, 0) is 50.1 Å². The summed E-state index contributed by atoms with van der Waals surface area (Å²) >= 11 is 0. The van der Waals surface area contributed by atoms with Gasteiger partial charge in [-0.15, -0.1) is 0 Å². The Kier molecular flexibility index (Phi) is 4.91. The van der Waals surface area contributed by atoms with Gasteiger partial charge in [0.05, 0.1) is 0 Å². The number of hydrogen-bond acceptors (Lipinski definition) is 1. The Bertz CT molecular complexity index is 577. The summed E-state index contributed by atoms with van der Waals surface area (Å²) in [5.74, 6) is -0.165. The van der Waals surface area contributed by atoms with Crippen molar-refractivity contribution in [2.75, 3.05) is 6.54 Å². The van der Waals surface area contributed by atoms with E-state index in [0.717, 1.165) is 29.7 Å². The summed E-state index contributed by atoms with van der Waals surface area (Å²) in [6, 6.07) is 13.6. The minimum absolute atomic E-state index is 0.165. The molecule has 0 amide bonds. The molecule has 0 radical (unpaired) electrons. The van der Waals surface area contributed by atoms with Crippen molar-refractivity contribution >= 4 is 0 Å². The molecule has 0 aliphatic carbocycles. The van der Waals surface area contributed by atoms with E-state index in [1.165, 1.54) is 0 Å². The van der Waals surface area contributed by atoms with Gasteiger partial charge in [0.2, 0.25) is 0 Å². The minimum atomic E-state index is -0.165. The molecule has 0 saturated carbocycles. The molecule has 1 atom stereocenters. The third-order valence-corrected chi connectivity index (χ3v) is 3.52. The van der Waals surface area contributed by atoms with E-state index in [-0.39, 0.29) is 11.9 Å². The fraction of sp³-hybridized carbons (Fsp3) is 0.333. The van der Waals surface area contributed by atoms with Crippen LogP contribution in [0.25, 0.3) is 11.1 Å². The monoisotopic (exact) mass is 271 g/mol. The van der Waals surface area contributed by atoms with E-state index >= 15 is 0 Å². The van der Waals surface area contributed by atoms with Crippen LogP contribution in [-0.4, -0.2) is 6.54 Å². The van der Waals surface area contributed by atoms with Crippen LogP contribution in [0.2, 0.25) is 0 Å². The molecule has 2 aromatic carbocycles. The van der Waals surface area contributed by atoms with E-state index in [1.54, 1.807) is 6.07 Å². The second-order valence-electron chi connectivity index (χ2n) is 5.28. The average Bonchev–Trinajstić information content (AvgIpc) is 2.45. The number of rotatable bonds is 5. The molecule has 1 unspecified atom stereocenters. The van der Waals surface area contributed by atoms with E-state index in [9.17, 15) is 4.39 Å². The van der Waals surface area contributed by atoms with Crippen LogP contribution in [0.1, 0.15) is 37.4 Å². The van der Waals surface area contributed by atoms with Crippen molar-refractivity contribution in [2.24, 2.45) is 0 Å². The highest BCUT2D eigenvalue weighted by atomic mass is 19.1. The quantitative estimate of drug-likeness (QED) is 0.818. The van der Waals surface area contributed by atoms with Gasteiger partial charge in [0.25, 0.3) is 0 Å². The summed E-state index contributed by atoms with van der Waals surface area (Å²) in [4.78, 5) is 0. The molecule has 0 heterocycles. The van der Waals surface area contributed by atoms with E-state index in [2.05, 4.69) is 19.2 Å². The van der Waals surface area contributed by atoms with E-state index in [4.69, 9.17) is 0 Å². The number of nitrogens with one attached hydrogen (secondary N) is 1. The zero-order valence-corrected chi connectivity index (χ0v) is 12.4. The Hall–Kier alpha value is -1.67. The van der Waals surface area contributed by atoms with Gasteiger partial charge < -0.3 is 5.32 Å². The van der Waals surface area contributed by atoms with Crippen molar-refractivity contribution in [3.63, 3.8) is 0 Å². The molecule has 0 saturated heterocycles. The zero-order valence-electron chi connectivity index (χ0n) is 12.4. The summed E-state index contributed by atoms with van der Waals surface area (Å²) < 4.78 is 14.1. The van der Waals surface area contributed by atoms with Gasteiger partial charge in [0.15, 0.2) is 0 Å². The van der Waals surface area contributed by atoms with Crippen LogP contribution in [0.3, 0.4) is 0 Å². The van der Waals surface area contributed by atoms with Gasteiger partial charge in [-0.1, -0.05) is 42.8 Å². The second kappa shape index (κ2) is 6.67.